The quantitative estimate of drug-likeness (QED) is 0.765. The average molecular weight is 321 g/mol. The van der Waals surface area contributed by atoms with Gasteiger partial charge < -0.3 is 5.32 Å². The molecule has 1 aromatic rings. The molecule has 1 N–H and O–H groups in total. The molecule has 0 bridgehead atoms. The molecule has 0 aromatic heterocycles. The van der Waals surface area contributed by atoms with Gasteiger partial charge in [0.1, 0.15) is 0 Å². The van der Waals surface area contributed by atoms with Crippen molar-refractivity contribution in [3.8, 4) is 0 Å². The molecule has 0 saturated heterocycles. The Kier molecular flexibility index (Phi) is 5.83. The summed E-state index contributed by atoms with van der Waals surface area (Å²) < 4.78 is 0. The van der Waals surface area contributed by atoms with Crippen LogP contribution in [0.25, 0.3) is 0 Å². The Morgan fingerprint density at radius 2 is 1.63 bits per heavy atom. The summed E-state index contributed by atoms with van der Waals surface area (Å²) in [6.07, 6.45) is 5.37. The Hall–Kier alpha value is 0.0500. The molecule has 1 aliphatic rings. The molecule has 1 fully saturated rings. The highest BCUT2D eigenvalue weighted by Crippen LogP contribution is 2.30. The minimum Gasteiger partial charge on any atom is -0.312 e. The van der Waals surface area contributed by atoms with Crippen LogP contribution in [0.3, 0.4) is 0 Å². The second-order valence-corrected chi connectivity index (χ2v) is 6.86. The first kappa shape index (κ1) is 15.4. The molecule has 1 aliphatic carbocycles. The molecule has 0 heterocycles. The summed E-state index contributed by atoms with van der Waals surface area (Å²) in [4.78, 5) is 0. The Morgan fingerprint density at radius 3 is 2.21 bits per heavy atom. The zero-order valence-electron chi connectivity index (χ0n) is 11.2. The summed E-state index contributed by atoms with van der Waals surface area (Å²) in [6, 6.07) is 3.49. The lowest BCUT2D eigenvalue weighted by molar-refractivity contribution is 0.281. The third kappa shape index (κ3) is 4.53. The summed E-state index contributed by atoms with van der Waals surface area (Å²) in [6.45, 7) is 4.10. The Balaban J connectivity index is 1.83. The van der Waals surface area contributed by atoms with Crippen molar-refractivity contribution >= 4 is 34.8 Å². The predicted molar refractivity (Wildman–Crippen MR) is 84.3 cm³/mol. The van der Waals surface area contributed by atoms with Gasteiger partial charge >= 0.3 is 0 Å². The van der Waals surface area contributed by atoms with Gasteiger partial charge in [0.25, 0.3) is 0 Å². The van der Waals surface area contributed by atoms with E-state index in [1.165, 1.54) is 25.7 Å². The minimum atomic E-state index is 0.583. The molecule has 0 unspecified atom stereocenters. The van der Waals surface area contributed by atoms with Crippen LogP contribution in [0.2, 0.25) is 15.1 Å². The summed E-state index contributed by atoms with van der Waals surface area (Å²) in [5, 5.41) is 5.34. The number of rotatable bonds is 4. The molecule has 4 heteroatoms. The molecule has 0 atom stereocenters. The van der Waals surface area contributed by atoms with Gasteiger partial charge in [-0.15, -0.1) is 0 Å². The molecule has 2 rings (SSSR count). The maximum absolute atomic E-state index is 6.17. The topological polar surface area (TPSA) is 12.0 Å². The number of benzene rings is 1. The Bertz CT molecular complexity index is 402. The first-order chi connectivity index (χ1) is 9.06. The van der Waals surface area contributed by atoms with Crippen LogP contribution in [0.15, 0.2) is 12.1 Å². The fraction of sp³-hybridized carbons (Fsp3) is 0.600. The first-order valence-corrected chi connectivity index (χ1v) is 8.03. The molecule has 19 heavy (non-hydrogen) atoms. The van der Waals surface area contributed by atoms with E-state index < -0.39 is 0 Å². The van der Waals surface area contributed by atoms with Gasteiger partial charge in [0.05, 0.1) is 0 Å². The van der Waals surface area contributed by atoms with E-state index in [0.717, 1.165) is 23.9 Å². The Morgan fingerprint density at radius 1 is 1.05 bits per heavy atom. The van der Waals surface area contributed by atoms with Crippen LogP contribution in [0, 0.1) is 11.8 Å². The molecule has 0 aliphatic heterocycles. The van der Waals surface area contributed by atoms with Crippen molar-refractivity contribution in [1.29, 1.82) is 0 Å². The van der Waals surface area contributed by atoms with Crippen molar-refractivity contribution in [2.24, 2.45) is 11.8 Å². The van der Waals surface area contributed by atoms with Gasteiger partial charge in [-0.1, -0.05) is 54.6 Å². The molecule has 1 nitrogen and oxygen atoms in total. The molecule has 0 radical (unpaired) electrons. The van der Waals surface area contributed by atoms with Crippen LogP contribution >= 0.6 is 34.8 Å². The van der Waals surface area contributed by atoms with Crippen LogP contribution < -0.4 is 5.32 Å². The summed E-state index contributed by atoms with van der Waals surface area (Å²) in [5.74, 6) is 1.69. The summed E-state index contributed by atoms with van der Waals surface area (Å²) in [5.41, 5.74) is 0.942. The highest BCUT2D eigenvalue weighted by molar-refractivity contribution is 6.39. The number of nitrogens with one attached hydrogen (secondary N) is 1. The SMILES string of the molecule is CC1CCC(CNCc2c(Cl)cc(Cl)cc2Cl)CC1. The highest BCUT2D eigenvalue weighted by Gasteiger charge is 2.18. The van der Waals surface area contributed by atoms with Crippen LogP contribution in [-0.2, 0) is 6.54 Å². The molecule has 0 spiro atoms. The third-order valence-corrected chi connectivity index (χ3v) is 4.87. The van der Waals surface area contributed by atoms with E-state index in [9.17, 15) is 0 Å². The number of halogens is 3. The monoisotopic (exact) mass is 319 g/mol. The number of hydrogen-bond donors (Lipinski definition) is 1. The van der Waals surface area contributed by atoms with Crippen molar-refractivity contribution in [2.45, 2.75) is 39.2 Å². The van der Waals surface area contributed by atoms with Gasteiger partial charge in [-0.25, -0.2) is 0 Å². The lowest BCUT2D eigenvalue weighted by atomic mass is 9.83. The van der Waals surface area contributed by atoms with Gasteiger partial charge in [-0.05, 0) is 43.4 Å². The number of hydrogen-bond acceptors (Lipinski definition) is 1. The fourth-order valence-electron chi connectivity index (χ4n) is 2.68. The molecule has 1 saturated carbocycles. The van der Waals surface area contributed by atoms with Gasteiger partial charge in [0.15, 0.2) is 0 Å². The standard InChI is InChI=1S/C15H20Cl3N/c1-10-2-4-11(5-3-10)8-19-9-13-14(17)6-12(16)7-15(13)18/h6-7,10-11,19H,2-5,8-9H2,1H3. The fourth-order valence-corrected chi connectivity index (χ4v) is 3.63. The van der Waals surface area contributed by atoms with E-state index in [4.69, 9.17) is 34.8 Å². The molecule has 0 amide bonds. The maximum Gasteiger partial charge on any atom is 0.0480 e. The van der Waals surface area contributed by atoms with Crippen molar-refractivity contribution in [3.63, 3.8) is 0 Å². The summed E-state index contributed by atoms with van der Waals surface area (Å²) in [7, 11) is 0. The van der Waals surface area contributed by atoms with Gasteiger partial charge in [0, 0.05) is 27.2 Å². The van der Waals surface area contributed by atoms with E-state index in [1.807, 2.05) is 0 Å². The molecular weight excluding hydrogens is 301 g/mol. The van der Waals surface area contributed by atoms with E-state index in [0.29, 0.717) is 21.6 Å². The van der Waals surface area contributed by atoms with E-state index in [1.54, 1.807) is 12.1 Å². The van der Waals surface area contributed by atoms with Gasteiger partial charge in [-0.3, -0.25) is 0 Å². The van der Waals surface area contributed by atoms with Crippen molar-refractivity contribution in [2.75, 3.05) is 6.54 Å². The van der Waals surface area contributed by atoms with Crippen LogP contribution in [0.5, 0.6) is 0 Å². The second-order valence-electron chi connectivity index (χ2n) is 5.60. The van der Waals surface area contributed by atoms with Crippen molar-refractivity contribution in [3.05, 3.63) is 32.8 Å². The van der Waals surface area contributed by atoms with E-state index in [2.05, 4.69) is 12.2 Å². The predicted octanol–water partition coefficient (Wildman–Crippen LogP) is 5.56. The normalized spacial score (nSPS) is 23.6. The molecule has 1 aromatic carbocycles. The second kappa shape index (κ2) is 7.17. The van der Waals surface area contributed by atoms with Crippen LogP contribution in [0.1, 0.15) is 38.2 Å². The molecular formula is C15H20Cl3N. The van der Waals surface area contributed by atoms with Crippen LogP contribution in [-0.4, -0.2) is 6.54 Å². The first-order valence-electron chi connectivity index (χ1n) is 6.90. The summed E-state index contributed by atoms with van der Waals surface area (Å²) >= 11 is 18.2. The third-order valence-electron chi connectivity index (χ3n) is 3.98. The highest BCUT2D eigenvalue weighted by atomic mass is 35.5. The minimum absolute atomic E-state index is 0.583. The van der Waals surface area contributed by atoms with E-state index in [-0.39, 0.29) is 0 Å². The van der Waals surface area contributed by atoms with Crippen molar-refractivity contribution < 1.29 is 0 Å². The van der Waals surface area contributed by atoms with Crippen LogP contribution in [0.4, 0.5) is 0 Å². The van der Waals surface area contributed by atoms with Gasteiger partial charge in [0.2, 0.25) is 0 Å². The zero-order chi connectivity index (χ0) is 13.8. The average Bonchev–Trinajstić information content (AvgIpc) is 2.34. The smallest absolute Gasteiger partial charge is 0.0480 e. The van der Waals surface area contributed by atoms with Crippen molar-refractivity contribution in [1.82, 2.24) is 5.32 Å². The lowest BCUT2D eigenvalue weighted by Gasteiger charge is -2.26. The Labute approximate surface area is 130 Å². The lowest BCUT2D eigenvalue weighted by Crippen LogP contribution is -2.25. The van der Waals surface area contributed by atoms with Gasteiger partial charge in [-0.2, -0.15) is 0 Å². The zero-order valence-corrected chi connectivity index (χ0v) is 13.5. The largest absolute Gasteiger partial charge is 0.312 e. The maximum atomic E-state index is 6.17. The molecule has 106 valence electrons. The van der Waals surface area contributed by atoms with E-state index >= 15 is 0 Å².